The van der Waals surface area contributed by atoms with E-state index in [1.54, 1.807) is 0 Å². The van der Waals surface area contributed by atoms with Crippen LogP contribution in [0.15, 0.2) is 0 Å². The highest BCUT2D eigenvalue weighted by Gasteiger charge is 1.93. The van der Waals surface area contributed by atoms with Gasteiger partial charge in [-0.3, -0.25) is 0 Å². The fraction of sp³-hybridized carbons (Fsp3) is 1.00. The van der Waals surface area contributed by atoms with Gasteiger partial charge >= 0.3 is 0 Å². The standard InChI is InChI=1S/C8H20N2S/c1-8(9)4-7-11-6-3-5-10-2/h8,10H,3-7,9H2,1-2H3. The first-order valence-electron chi connectivity index (χ1n) is 4.25. The predicted octanol–water partition coefficient (Wildman–Crippen LogP) is 1.07. The molecule has 3 heteroatoms. The summed E-state index contributed by atoms with van der Waals surface area (Å²) >= 11 is 2.00. The molecule has 0 rings (SSSR count). The Balaban J connectivity index is 2.80. The Bertz CT molecular complexity index is 76.5. The number of hydrogen-bond donors (Lipinski definition) is 2. The number of hydrogen-bond acceptors (Lipinski definition) is 3. The molecule has 0 amide bonds. The van der Waals surface area contributed by atoms with Crippen LogP contribution < -0.4 is 11.1 Å². The molecule has 2 nitrogen and oxygen atoms in total. The Morgan fingerprint density at radius 1 is 1.45 bits per heavy atom. The highest BCUT2D eigenvalue weighted by atomic mass is 32.2. The van der Waals surface area contributed by atoms with Crippen molar-refractivity contribution in [3.8, 4) is 0 Å². The second kappa shape index (κ2) is 8.37. The number of nitrogens with one attached hydrogen (secondary N) is 1. The highest BCUT2D eigenvalue weighted by Crippen LogP contribution is 2.04. The van der Waals surface area contributed by atoms with Crippen LogP contribution >= 0.6 is 11.8 Å². The maximum absolute atomic E-state index is 5.61. The number of nitrogens with two attached hydrogens (primary N) is 1. The third-order valence-electron chi connectivity index (χ3n) is 1.43. The summed E-state index contributed by atoms with van der Waals surface area (Å²) in [5.41, 5.74) is 5.61. The van der Waals surface area contributed by atoms with E-state index in [1.165, 1.54) is 17.9 Å². The minimum Gasteiger partial charge on any atom is -0.328 e. The van der Waals surface area contributed by atoms with E-state index < -0.39 is 0 Å². The van der Waals surface area contributed by atoms with Crippen molar-refractivity contribution in [1.29, 1.82) is 0 Å². The molecule has 0 saturated carbocycles. The van der Waals surface area contributed by atoms with Crippen molar-refractivity contribution < 1.29 is 0 Å². The fourth-order valence-corrected chi connectivity index (χ4v) is 1.81. The van der Waals surface area contributed by atoms with Crippen molar-refractivity contribution in [2.45, 2.75) is 25.8 Å². The van der Waals surface area contributed by atoms with Crippen molar-refractivity contribution in [3.05, 3.63) is 0 Å². The quantitative estimate of drug-likeness (QED) is 0.570. The van der Waals surface area contributed by atoms with Gasteiger partial charge in [0.1, 0.15) is 0 Å². The Kier molecular flexibility index (Phi) is 8.57. The first-order chi connectivity index (χ1) is 5.27. The lowest BCUT2D eigenvalue weighted by atomic mass is 10.3. The van der Waals surface area contributed by atoms with Gasteiger partial charge < -0.3 is 11.1 Å². The summed E-state index contributed by atoms with van der Waals surface area (Å²) in [5.74, 6) is 2.47. The van der Waals surface area contributed by atoms with Crippen LogP contribution in [0.3, 0.4) is 0 Å². The normalized spacial score (nSPS) is 13.4. The molecule has 0 heterocycles. The van der Waals surface area contributed by atoms with Gasteiger partial charge in [-0.05, 0) is 44.9 Å². The first kappa shape index (κ1) is 11.3. The van der Waals surface area contributed by atoms with Gasteiger partial charge in [0, 0.05) is 6.04 Å². The molecule has 11 heavy (non-hydrogen) atoms. The number of thioether (sulfide) groups is 1. The molecule has 68 valence electrons. The molecule has 0 aliphatic rings. The molecule has 0 aromatic carbocycles. The summed E-state index contributed by atoms with van der Waals surface area (Å²) in [6.07, 6.45) is 2.41. The topological polar surface area (TPSA) is 38.0 Å². The molecular weight excluding hydrogens is 156 g/mol. The summed E-state index contributed by atoms with van der Waals surface area (Å²) < 4.78 is 0. The Labute approximate surface area is 74.3 Å². The van der Waals surface area contributed by atoms with E-state index >= 15 is 0 Å². The second-order valence-electron chi connectivity index (χ2n) is 2.84. The minimum atomic E-state index is 0.367. The van der Waals surface area contributed by atoms with Crippen molar-refractivity contribution >= 4 is 11.8 Å². The molecule has 0 aromatic rings. The van der Waals surface area contributed by atoms with Gasteiger partial charge in [0.2, 0.25) is 0 Å². The van der Waals surface area contributed by atoms with Gasteiger partial charge in [0.25, 0.3) is 0 Å². The van der Waals surface area contributed by atoms with E-state index in [9.17, 15) is 0 Å². The van der Waals surface area contributed by atoms with Crippen LogP contribution in [0, 0.1) is 0 Å². The van der Waals surface area contributed by atoms with Crippen LogP contribution in [-0.2, 0) is 0 Å². The zero-order valence-corrected chi connectivity index (χ0v) is 8.41. The third-order valence-corrected chi connectivity index (χ3v) is 2.53. The van der Waals surface area contributed by atoms with Crippen LogP contribution in [0.1, 0.15) is 19.8 Å². The molecule has 0 aliphatic carbocycles. The van der Waals surface area contributed by atoms with Crippen molar-refractivity contribution in [2.75, 3.05) is 25.1 Å². The van der Waals surface area contributed by atoms with Crippen molar-refractivity contribution in [1.82, 2.24) is 5.32 Å². The maximum Gasteiger partial charge on any atom is 0.00183 e. The predicted molar refractivity (Wildman–Crippen MR) is 54.1 cm³/mol. The molecule has 0 spiro atoms. The van der Waals surface area contributed by atoms with Crippen LogP contribution in [0.25, 0.3) is 0 Å². The second-order valence-corrected chi connectivity index (χ2v) is 4.06. The summed E-state index contributed by atoms with van der Waals surface area (Å²) in [6, 6.07) is 0.367. The molecule has 0 bridgehead atoms. The maximum atomic E-state index is 5.61. The Morgan fingerprint density at radius 3 is 2.73 bits per heavy atom. The molecular formula is C8H20N2S. The van der Waals surface area contributed by atoms with Crippen LogP contribution in [0.2, 0.25) is 0 Å². The Morgan fingerprint density at radius 2 is 2.18 bits per heavy atom. The average Bonchev–Trinajstić information content (AvgIpc) is 1.96. The molecule has 0 aromatic heterocycles. The first-order valence-corrected chi connectivity index (χ1v) is 5.40. The van der Waals surface area contributed by atoms with E-state index in [-0.39, 0.29) is 0 Å². The van der Waals surface area contributed by atoms with Gasteiger partial charge in [-0.25, -0.2) is 0 Å². The molecule has 0 aliphatic heterocycles. The van der Waals surface area contributed by atoms with E-state index in [4.69, 9.17) is 5.73 Å². The van der Waals surface area contributed by atoms with Crippen LogP contribution in [-0.4, -0.2) is 31.1 Å². The van der Waals surface area contributed by atoms with Crippen LogP contribution in [0.4, 0.5) is 0 Å². The SMILES string of the molecule is CNCCCSCCC(C)N. The highest BCUT2D eigenvalue weighted by molar-refractivity contribution is 7.99. The van der Waals surface area contributed by atoms with Crippen LogP contribution in [0.5, 0.6) is 0 Å². The van der Waals surface area contributed by atoms with E-state index in [0.717, 1.165) is 13.0 Å². The third kappa shape index (κ3) is 10.3. The van der Waals surface area contributed by atoms with Gasteiger partial charge in [-0.15, -0.1) is 0 Å². The van der Waals surface area contributed by atoms with Gasteiger partial charge in [-0.1, -0.05) is 0 Å². The number of rotatable bonds is 7. The zero-order valence-electron chi connectivity index (χ0n) is 7.60. The summed E-state index contributed by atoms with van der Waals surface area (Å²) in [4.78, 5) is 0. The molecule has 0 saturated heterocycles. The molecule has 1 atom stereocenters. The lowest BCUT2D eigenvalue weighted by molar-refractivity contribution is 0.720. The van der Waals surface area contributed by atoms with Gasteiger partial charge in [0.05, 0.1) is 0 Å². The zero-order chi connectivity index (χ0) is 8.53. The summed E-state index contributed by atoms with van der Waals surface area (Å²) in [5, 5.41) is 3.13. The van der Waals surface area contributed by atoms with Gasteiger partial charge in [0.15, 0.2) is 0 Å². The lowest BCUT2D eigenvalue weighted by Gasteiger charge is -2.03. The minimum absolute atomic E-state index is 0.367. The largest absolute Gasteiger partial charge is 0.328 e. The van der Waals surface area contributed by atoms with E-state index in [0.29, 0.717) is 6.04 Å². The van der Waals surface area contributed by atoms with E-state index in [1.807, 2.05) is 18.8 Å². The summed E-state index contributed by atoms with van der Waals surface area (Å²) in [6.45, 7) is 3.19. The lowest BCUT2D eigenvalue weighted by Crippen LogP contribution is -2.15. The Hall–Kier alpha value is 0.270. The van der Waals surface area contributed by atoms with Gasteiger partial charge in [-0.2, -0.15) is 11.8 Å². The smallest absolute Gasteiger partial charge is 0.00183 e. The van der Waals surface area contributed by atoms with Crippen molar-refractivity contribution in [3.63, 3.8) is 0 Å². The molecule has 0 radical (unpaired) electrons. The van der Waals surface area contributed by atoms with E-state index in [2.05, 4.69) is 12.2 Å². The average molecular weight is 176 g/mol. The fourth-order valence-electron chi connectivity index (χ4n) is 0.722. The summed E-state index contributed by atoms with van der Waals surface area (Å²) in [7, 11) is 1.99. The monoisotopic (exact) mass is 176 g/mol. The molecule has 0 fully saturated rings. The molecule has 3 N–H and O–H groups in total. The molecule has 1 unspecified atom stereocenters. The van der Waals surface area contributed by atoms with Crippen molar-refractivity contribution in [2.24, 2.45) is 5.73 Å².